The van der Waals surface area contributed by atoms with Crippen LogP contribution in [0.3, 0.4) is 0 Å². The number of hydrogen-bond acceptors (Lipinski definition) is 3. The van der Waals surface area contributed by atoms with Crippen molar-refractivity contribution in [2.45, 2.75) is 26.8 Å². The lowest BCUT2D eigenvalue weighted by Crippen LogP contribution is -3.19. The van der Waals surface area contributed by atoms with Crippen molar-refractivity contribution in [3.63, 3.8) is 0 Å². The SMILES string of the molecule is COc1ccc(N2CC[NH+]([C@H](C)C(=O)Nc3cc(C)ccc3C)CC2)cc1. The number of quaternary nitrogens is 1. The minimum absolute atomic E-state index is 0.0667. The number of ether oxygens (including phenoxy) is 1. The monoisotopic (exact) mass is 368 g/mol. The van der Waals surface area contributed by atoms with Gasteiger partial charge in [0.15, 0.2) is 6.04 Å². The largest absolute Gasteiger partial charge is 0.497 e. The highest BCUT2D eigenvalue weighted by Crippen LogP contribution is 2.19. The lowest BCUT2D eigenvalue weighted by atomic mass is 10.1. The lowest BCUT2D eigenvalue weighted by molar-refractivity contribution is -0.914. The molecule has 2 aromatic rings. The van der Waals surface area contributed by atoms with E-state index >= 15 is 0 Å². The van der Waals surface area contributed by atoms with Gasteiger partial charge in [-0.1, -0.05) is 12.1 Å². The van der Waals surface area contributed by atoms with Crippen LogP contribution in [0.4, 0.5) is 11.4 Å². The maximum absolute atomic E-state index is 12.7. The van der Waals surface area contributed by atoms with Crippen molar-refractivity contribution >= 4 is 17.3 Å². The molecule has 2 N–H and O–H groups in total. The summed E-state index contributed by atoms with van der Waals surface area (Å²) >= 11 is 0. The molecule has 1 heterocycles. The fourth-order valence-corrected chi connectivity index (χ4v) is 3.58. The standard InChI is InChI=1S/C22H29N3O2/c1-16-5-6-17(2)21(15-16)23-22(26)18(3)24-11-13-25(14-12-24)19-7-9-20(27-4)10-8-19/h5-10,15,18H,11-14H2,1-4H3,(H,23,26)/p+1/t18-/m1/s1. The first-order valence-corrected chi connectivity index (χ1v) is 9.59. The van der Waals surface area contributed by atoms with Crippen LogP contribution in [0.1, 0.15) is 18.1 Å². The molecule has 0 radical (unpaired) electrons. The van der Waals surface area contributed by atoms with E-state index < -0.39 is 0 Å². The zero-order valence-corrected chi connectivity index (χ0v) is 16.7. The first-order valence-electron chi connectivity index (χ1n) is 9.59. The summed E-state index contributed by atoms with van der Waals surface area (Å²) in [5, 5.41) is 3.12. The van der Waals surface area contributed by atoms with Crippen molar-refractivity contribution in [2.24, 2.45) is 0 Å². The highest BCUT2D eigenvalue weighted by atomic mass is 16.5. The van der Waals surface area contributed by atoms with Crippen LogP contribution in [0.15, 0.2) is 42.5 Å². The van der Waals surface area contributed by atoms with E-state index in [-0.39, 0.29) is 11.9 Å². The van der Waals surface area contributed by atoms with E-state index in [0.29, 0.717) is 0 Å². The molecular formula is C22H30N3O2+. The van der Waals surface area contributed by atoms with Gasteiger partial charge in [0.25, 0.3) is 5.91 Å². The van der Waals surface area contributed by atoms with E-state index in [1.807, 2.05) is 39.0 Å². The van der Waals surface area contributed by atoms with Gasteiger partial charge in [-0.2, -0.15) is 0 Å². The molecule has 1 fully saturated rings. The van der Waals surface area contributed by atoms with Gasteiger partial charge in [0.1, 0.15) is 5.75 Å². The number of methoxy groups -OCH3 is 1. The Bertz CT molecular complexity index is 781. The number of nitrogens with zero attached hydrogens (tertiary/aromatic N) is 1. The number of carbonyl (C=O) groups excluding carboxylic acids is 1. The van der Waals surface area contributed by atoms with Gasteiger partial charge in [0.05, 0.1) is 33.3 Å². The third-order valence-electron chi connectivity index (χ3n) is 5.50. The number of piperazine rings is 1. The molecule has 144 valence electrons. The smallest absolute Gasteiger partial charge is 0.282 e. The van der Waals surface area contributed by atoms with Gasteiger partial charge >= 0.3 is 0 Å². The van der Waals surface area contributed by atoms with E-state index in [4.69, 9.17) is 4.74 Å². The molecule has 0 spiro atoms. The topological polar surface area (TPSA) is 46.0 Å². The summed E-state index contributed by atoms with van der Waals surface area (Å²) in [6.45, 7) is 9.90. The second-order valence-corrected chi connectivity index (χ2v) is 7.37. The van der Waals surface area contributed by atoms with Gasteiger partial charge in [0, 0.05) is 11.4 Å². The van der Waals surface area contributed by atoms with Gasteiger partial charge in [-0.3, -0.25) is 4.79 Å². The normalized spacial score (nSPS) is 16.1. The summed E-state index contributed by atoms with van der Waals surface area (Å²) in [6.07, 6.45) is 0. The predicted molar refractivity (Wildman–Crippen MR) is 110 cm³/mol. The van der Waals surface area contributed by atoms with Crippen molar-refractivity contribution in [3.8, 4) is 5.75 Å². The first-order chi connectivity index (χ1) is 13.0. The number of carbonyl (C=O) groups is 1. The molecule has 0 aromatic heterocycles. The highest BCUT2D eigenvalue weighted by Gasteiger charge is 2.29. The molecule has 0 saturated carbocycles. The second kappa shape index (κ2) is 8.44. The zero-order chi connectivity index (χ0) is 19.4. The molecule has 2 aromatic carbocycles. The fourth-order valence-electron chi connectivity index (χ4n) is 3.58. The van der Waals surface area contributed by atoms with Crippen LogP contribution in [0, 0.1) is 13.8 Å². The molecule has 0 bridgehead atoms. The Labute approximate surface area is 161 Å². The van der Waals surface area contributed by atoms with Crippen LogP contribution < -0.4 is 19.9 Å². The Morgan fingerprint density at radius 3 is 2.41 bits per heavy atom. The van der Waals surface area contributed by atoms with E-state index in [0.717, 1.165) is 48.7 Å². The Kier molecular flexibility index (Phi) is 6.01. The molecule has 1 atom stereocenters. The van der Waals surface area contributed by atoms with E-state index in [1.165, 1.54) is 10.6 Å². The lowest BCUT2D eigenvalue weighted by Gasteiger charge is -2.36. The third kappa shape index (κ3) is 4.61. The van der Waals surface area contributed by atoms with Crippen LogP contribution in [0.25, 0.3) is 0 Å². The van der Waals surface area contributed by atoms with Crippen LogP contribution >= 0.6 is 0 Å². The second-order valence-electron chi connectivity index (χ2n) is 7.37. The molecule has 1 saturated heterocycles. The van der Waals surface area contributed by atoms with E-state index in [2.05, 4.69) is 34.5 Å². The number of benzene rings is 2. The molecule has 3 rings (SSSR count). The van der Waals surface area contributed by atoms with Crippen molar-refractivity contribution < 1.29 is 14.4 Å². The summed E-state index contributed by atoms with van der Waals surface area (Å²) in [4.78, 5) is 16.4. The zero-order valence-electron chi connectivity index (χ0n) is 16.7. The van der Waals surface area contributed by atoms with E-state index in [9.17, 15) is 4.79 Å². The summed E-state index contributed by atoms with van der Waals surface area (Å²) in [7, 11) is 1.68. The average molecular weight is 369 g/mol. The fraction of sp³-hybridized carbons (Fsp3) is 0.409. The molecule has 5 nitrogen and oxygen atoms in total. The molecular weight excluding hydrogens is 338 g/mol. The van der Waals surface area contributed by atoms with Crippen molar-refractivity contribution in [1.29, 1.82) is 0 Å². The van der Waals surface area contributed by atoms with Gasteiger partial charge in [-0.05, 0) is 62.2 Å². The first kappa shape index (κ1) is 19.2. The average Bonchev–Trinajstić information content (AvgIpc) is 2.70. The molecule has 1 amide bonds. The predicted octanol–water partition coefficient (Wildman–Crippen LogP) is 2.04. The van der Waals surface area contributed by atoms with E-state index in [1.54, 1.807) is 7.11 Å². The number of aryl methyl sites for hydroxylation is 2. The number of amides is 1. The summed E-state index contributed by atoms with van der Waals surface area (Å²) in [5.41, 5.74) is 4.38. The maximum Gasteiger partial charge on any atom is 0.282 e. The Balaban J connectivity index is 1.56. The summed E-state index contributed by atoms with van der Waals surface area (Å²) in [6, 6.07) is 14.3. The molecule has 0 aliphatic carbocycles. The van der Waals surface area contributed by atoms with Gasteiger partial charge in [0.2, 0.25) is 0 Å². The summed E-state index contributed by atoms with van der Waals surface area (Å²) < 4.78 is 5.23. The number of rotatable bonds is 5. The highest BCUT2D eigenvalue weighted by molar-refractivity contribution is 5.94. The van der Waals surface area contributed by atoms with Crippen LogP contribution in [-0.2, 0) is 4.79 Å². The van der Waals surface area contributed by atoms with Crippen LogP contribution in [0.5, 0.6) is 5.75 Å². The quantitative estimate of drug-likeness (QED) is 0.849. The van der Waals surface area contributed by atoms with Crippen LogP contribution in [-0.4, -0.2) is 45.2 Å². The van der Waals surface area contributed by atoms with Crippen LogP contribution in [0.2, 0.25) is 0 Å². The molecule has 27 heavy (non-hydrogen) atoms. The number of hydrogen-bond donors (Lipinski definition) is 2. The van der Waals surface area contributed by atoms with Gasteiger partial charge in [-0.25, -0.2) is 0 Å². The Morgan fingerprint density at radius 2 is 1.78 bits per heavy atom. The number of nitrogens with one attached hydrogen (secondary N) is 2. The van der Waals surface area contributed by atoms with Crippen molar-refractivity contribution in [1.82, 2.24) is 0 Å². The maximum atomic E-state index is 12.7. The Morgan fingerprint density at radius 1 is 1.11 bits per heavy atom. The minimum atomic E-state index is -0.0667. The van der Waals surface area contributed by atoms with Gasteiger partial charge < -0.3 is 19.9 Å². The summed E-state index contributed by atoms with van der Waals surface area (Å²) in [5.74, 6) is 0.969. The third-order valence-corrected chi connectivity index (χ3v) is 5.50. The van der Waals surface area contributed by atoms with Gasteiger partial charge in [-0.15, -0.1) is 0 Å². The Hall–Kier alpha value is -2.53. The molecule has 1 aliphatic rings. The molecule has 1 aliphatic heterocycles. The number of anilines is 2. The van der Waals surface area contributed by atoms with Crippen molar-refractivity contribution in [3.05, 3.63) is 53.6 Å². The molecule has 5 heteroatoms. The minimum Gasteiger partial charge on any atom is -0.497 e. The molecule has 0 unspecified atom stereocenters. The van der Waals surface area contributed by atoms with Crippen molar-refractivity contribution in [2.75, 3.05) is 43.5 Å².